The Morgan fingerprint density at radius 1 is 0.947 bits per heavy atom. The molecule has 2 atom stereocenters. The summed E-state index contributed by atoms with van der Waals surface area (Å²) < 4.78 is 27.7. The summed E-state index contributed by atoms with van der Waals surface area (Å²) >= 11 is 0. The Bertz CT molecular complexity index is 543. The van der Waals surface area contributed by atoms with Crippen LogP contribution in [0, 0.1) is 0 Å². The van der Waals surface area contributed by atoms with Crippen molar-refractivity contribution in [3.05, 3.63) is 23.5 Å². The number of rotatable bonds is 2. The summed E-state index contributed by atoms with van der Waals surface area (Å²) in [6, 6.07) is -0.509. The SMILES string of the molecule is CC1=CC(C)N(S(=O)(=O)N2C=NC(C)=CC2C)C=N1. The Kier molecular flexibility index (Phi) is 3.49. The molecule has 0 aliphatic carbocycles. The van der Waals surface area contributed by atoms with Gasteiger partial charge in [-0.1, -0.05) is 0 Å². The Hall–Kier alpha value is -1.63. The molecule has 0 aromatic heterocycles. The second-order valence-corrected chi connectivity index (χ2v) is 6.49. The van der Waals surface area contributed by atoms with Gasteiger partial charge in [-0.05, 0) is 39.8 Å². The van der Waals surface area contributed by atoms with Gasteiger partial charge in [-0.25, -0.2) is 18.6 Å². The molecule has 19 heavy (non-hydrogen) atoms. The molecule has 2 aliphatic heterocycles. The van der Waals surface area contributed by atoms with E-state index in [1.54, 1.807) is 0 Å². The fourth-order valence-corrected chi connectivity index (χ4v) is 3.60. The molecule has 0 fully saturated rings. The van der Waals surface area contributed by atoms with E-state index in [1.165, 1.54) is 21.3 Å². The third-order valence-electron chi connectivity index (χ3n) is 3.05. The summed E-state index contributed by atoms with van der Waals surface area (Å²) in [6.45, 7) is 7.32. The molecule has 0 aromatic carbocycles. The Morgan fingerprint density at radius 3 is 1.63 bits per heavy atom. The molecule has 0 bridgehead atoms. The minimum atomic E-state index is -3.65. The predicted molar refractivity (Wildman–Crippen MR) is 76.0 cm³/mol. The van der Waals surface area contributed by atoms with E-state index >= 15 is 0 Å². The van der Waals surface area contributed by atoms with Crippen molar-refractivity contribution >= 4 is 22.9 Å². The molecule has 7 heteroatoms. The molecule has 0 radical (unpaired) electrons. The lowest BCUT2D eigenvalue weighted by atomic mass is 10.2. The van der Waals surface area contributed by atoms with Gasteiger partial charge in [0.1, 0.15) is 12.7 Å². The molecule has 2 aliphatic rings. The van der Waals surface area contributed by atoms with Crippen molar-refractivity contribution < 1.29 is 8.42 Å². The van der Waals surface area contributed by atoms with Crippen LogP contribution in [-0.4, -0.2) is 41.8 Å². The van der Waals surface area contributed by atoms with Crippen LogP contribution < -0.4 is 0 Å². The van der Waals surface area contributed by atoms with Crippen molar-refractivity contribution in [2.75, 3.05) is 0 Å². The maximum absolute atomic E-state index is 12.6. The second kappa shape index (κ2) is 4.80. The lowest BCUT2D eigenvalue weighted by molar-refractivity contribution is 0.427. The van der Waals surface area contributed by atoms with Crippen LogP contribution in [0.15, 0.2) is 33.5 Å². The zero-order chi connectivity index (χ0) is 14.2. The van der Waals surface area contributed by atoms with Gasteiger partial charge in [0.05, 0.1) is 12.1 Å². The lowest BCUT2D eigenvalue weighted by Gasteiger charge is -2.34. The van der Waals surface area contributed by atoms with Crippen molar-refractivity contribution in [3.63, 3.8) is 0 Å². The molecule has 6 nitrogen and oxygen atoms in total. The largest absolute Gasteiger partial charge is 0.328 e. The average Bonchev–Trinajstić information content (AvgIpc) is 2.27. The maximum Gasteiger partial charge on any atom is 0.328 e. The van der Waals surface area contributed by atoms with Gasteiger partial charge in [-0.3, -0.25) is 0 Å². The highest BCUT2D eigenvalue weighted by atomic mass is 32.2. The van der Waals surface area contributed by atoms with Crippen molar-refractivity contribution in [1.29, 1.82) is 0 Å². The number of aliphatic imine (C=N–C) groups is 2. The van der Waals surface area contributed by atoms with Crippen LogP contribution in [0.3, 0.4) is 0 Å². The Labute approximate surface area is 114 Å². The van der Waals surface area contributed by atoms with Crippen LogP contribution in [0.1, 0.15) is 27.7 Å². The van der Waals surface area contributed by atoms with Crippen molar-refractivity contribution in [2.45, 2.75) is 39.8 Å². The standard InChI is InChI=1S/C12H18N4O2S/c1-9-5-11(3)15(7-13-9)19(17,18)16-8-14-10(2)6-12(16)4/h5-8,11-12H,1-4H3. The van der Waals surface area contributed by atoms with Crippen LogP contribution in [0.25, 0.3) is 0 Å². The molecule has 0 amide bonds. The first-order valence-electron chi connectivity index (χ1n) is 6.09. The van der Waals surface area contributed by atoms with Gasteiger partial charge in [0.2, 0.25) is 0 Å². The summed E-state index contributed by atoms with van der Waals surface area (Å²) in [4.78, 5) is 8.12. The molecule has 0 spiro atoms. The zero-order valence-corrected chi connectivity index (χ0v) is 12.3. The minimum absolute atomic E-state index is 0.255. The van der Waals surface area contributed by atoms with Gasteiger partial charge >= 0.3 is 10.2 Å². The zero-order valence-electron chi connectivity index (χ0n) is 11.5. The third-order valence-corrected chi connectivity index (χ3v) is 4.97. The maximum atomic E-state index is 12.6. The first-order valence-corrected chi connectivity index (χ1v) is 7.49. The monoisotopic (exact) mass is 282 g/mol. The van der Waals surface area contributed by atoms with E-state index in [2.05, 4.69) is 9.98 Å². The highest BCUT2D eigenvalue weighted by molar-refractivity contribution is 7.87. The molecule has 2 heterocycles. The van der Waals surface area contributed by atoms with Gasteiger partial charge < -0.3 is 0 Å². The molecule has 104 valence electrons. The van der Waals surface area contributed by atoms with Gasteiger partial charge in [-0.15, -0.1) is 0 Å². The van der Waals surface area contributed by atoms with Crippen LogP contribution >= 0.6 is 0 Å². The normalized spacial score (nSPS) is 27.4. The van der Waals surface area contributed by atoms with Gasteiger partial charge in [0, 0.05) is 11.4 Å². The molecule has 0 aromatic rings. The molecule has 2 unspecified atom stereocenters. The molecule has 0 saturated carbocycles. The Morgan fingerprint density at radius 2 is 1.32 bits per heavy atom. The van der Waals surface area contributed by atoms with Crippen LogP contribution in [0.4, 0.5) is 0 Å². The van der Waals surface area contributed by atoms with Crippen LogP contribution in [0.2, 0.25) is 0 Å². The molecular formula is C12H18N4O2S. The number of hydrogen-bond donors (Lipinski definition) is 0. The number of hydrogen-bond acceptors (Lipinski definition) is 4. The van der Waals surface area contributed by atoms with Crippen LogP contribution in [0.5, 0.6) is 0 Å². The van der Waals surface area contributed by atoms with Crippen molar-refractivity contribution in [2.24, 2.45) is 9.98 Å². The van der Waals surface area contributed by atoms with Gasteiger partial charge in [-0.2, -0.15) is 8.42 Å². The fourth-order valence-electron chi connectivity index (χ4n) is 2.09. The molecule has 0 saturated heterocycles. The average molecular weight is 282 g/mol. The predicted octanol–water partition coefficient (Wildman–Crippen LogP) is 1.50. The topological polar surface area (TPSA) is 65.3 Å². The van der Waals surface area contributed by atoms with E-state index in [-0.39, 0.29) is 12.1 Å². The molecule has 2 rings (SSSR count). The molecule has 0 N–H and O–H groups in total. The summed E-state index contributed by atoms with van der Waals surface area (Å²) in [6.07, 6.45) is 6.34. The molecular weight excluding hydrogens is 264 g/mol. The summed E-state index contributed by atoms with van der Waals surface area (Å²) in [5.74, 6) is 0. The van der Waals surface area contributed by atoms with Gasteiger partial charge in [0.15, 0.2) is 0 Å². The van der Waals surface area contributed by atoms with E-state index in [1.807, 2.05) is 39.8 Å². The van der Waals surface area contributed by atoms with E-state index in [4.69, 9.17) is 0 Å². The van der Waals surface area contributed by atoms with E-state index in [9.17, 15) is 8.42 Å². The highest BCUT2D eigenvalue weighted by Gasteiger charge is 2.33. The van der Waals surface area contributed by atoms with E-state index < -0.39 is 10.2 Å². The van der Waals surface area contributed by atoms with E-state index in [0.717, 1.165) is 11.4 Å². The smallest absolute Gasteiger partial charge is 0.243 e. The first kappa shape index (κ1) is 13.8. The van der Waals surface area contributed by atoms with Gasteiger partial charge in [0.25, 0.3) is 0 Å². The van der Waals surface area contributed by atoms with Crippen LogP contribution in [-0.2, 0) is 10.2 Å². The minimum Gasteiger partial charge on any atom is -0.243 e. The lowest BCUT2D eigenvalue weighted by Crippen LogP contribution is -2.50. The highest BCUT2D eigenvalue weighted by Crippen LogP contribution is 2.21. The number of nitrogens with zero attached hydrogens (tertiary/aromatic N) is 4. The third kappa shape index (κ3) is 2.56. The quantitative estimate of drug-likeness (QED) is 0.770. The van der Waals surface area contributed by atoms with Crippen molar-refractivity contribution in [1.82, 2.24) is 8.61 Å². The van der Waals surface area contributed by atoms with E-state index in [0.29, 0.717) is 0 Å². The first-order chi connectivity index (χ1) is 8.82. The Balaban J connectivity index is 2.30. The summed E-state index contributed by atoms with van der Waals surface area (Å²) in [5.41, 5.74) is 1.63. The summed E-state index contributed by atoms with van der Waals surface area (Å²) in [5, 5.41) is 0. The second-order valence-electron chi connectivity index (χ2n) is 4.75. The summed E-state index contributed by atoms with van der Waals surface area (Å²) in [7, 11) is -3.65. The number of allylic oxidation sites excluding steroid dienone is 2. The van der Waals surface area contributed by atoms with Crippen molar-refractivity contribution in [3.8, 4) is 0 Å². The fraction of sp³-hybridized carbons (Fsp3) is 0.500.